The van der Waals surface area contributed by atoms with Gasteiger partial charge < -0.3 is 10.6 Å². The van der Waals surface area contributed by atoms with Gasteiger partial charge in [0.2, 0.25) is 0 Å². The van der Waals surface area contributed by atoms with Crippen molar-refractivity contribution in [1.82, 2.24) is 19.6 Å². The van der Waals surface area contributed by atoms with E-state index in [1.54, 1.807) is 0 Å². The lowest BCUT2D eigenvalue weighted by molar-refractivity contribution is 0.155. The van der Waals surface area contributed by atoms with Crippen molar-refractivity contribution in [3.05, 3.63) is 17.5 Å². The highest BCUT2D eigenvalue weighted by atomic mass is 15.3. The van der Waals surface area contributed by atoms with Crippen LogP contribution in [0.4, 0.5) is 0 Å². The number of aromatic nitrogens is 2. The van der Waals surface area contributed by atoms with Crippen LogP contribution in [-0.4, -0.2) is 59.4 Å². The van der Waals surface area contributed by atoms with Crippen molar-refractivity contribution in [3.63, 3.8) is 0 Å². The van der Waals surface area contributed by atoms with E-state index >= 15 is 0 Å². The molecule has 2 rings (SSSR count). The van der Waals surface area contributed by atoms with Crippen LogP contribution in [0.25, 0.3) is 0 Å². The number of likely N-dealkylation sites (N-methyl/N-ethyl adjacent to an activating group) is 1. The van der Waals surface area contributed by atoms with Crippen LogP contribution in [0.15, 0.2) is 6.20 Å². The Hall–Kier alpha value is -0.910. The number of rotatable bonds is 5. The third kappa shape index (κ3) is 2.99. The van der Waals surface area contributed by atoms with Crippen molar-refractivity contribution in [2.24, 2.45) is 12.8 Å². The van der Waals surface area contributed by atoms with Gasteiger partial charge in [-0.2, -0.15) is 5.10 Å². The molecule has 5 nitrogen and oxygen atoms in total. The monoisotopic (exact) mass is 265 g/mol. The van der Waals surface area contributed by atoms with Crippen molar-refractivity contribution in [3.8, 4) is 0 Å². The quantitative estimate of drug-likeness (QED) is 0.854. The standard InChI is InChI=1S/C14H27N5/c1-11-13(9-16-18(11)4)14(8-15)19-7-5-6-12(19)10-17(2)3/h9,12,14H,5-8,10,15H2,1-4H3. The van der Waals surface area contributed by atoms with Gasteiger partial charge in [0.15, 0.2) is 0 Å². The number of nitrogens with zero attached hydrogens (tertiary/aromatic N) is 4. The van der Waals surface area contributed by atoms with E-state index in [1.807, 2.05) is 17.9 Å². The van der Waals surface area contributed by atoms with Gasteiger partial charge in [-0.05, 0) is 40.4 Å². The molecule has 0 radical (unpaired) electrons. The average molecular weight is 265 g/mol. The van der Waals surface area contributed by atoms with E-state index in [0.29, 0.717) is 18.6 Å². The molecule has 1 aromatic rings. The van der Waals surface area contributed by atoms with Crippen molar-refractivity contribution < 1.29 is 0 Å². The molecule has 1 aliphatic rings. The minimum atomic E-state index is 0.307. The number of hydrogen-bond donors (Lipinski definition) is 1. The van der Waals surface area contributed by atoms with E-state index in [9.17, 15) is 0 Å². The van der Waals surface area contributed by atoms with Crippen LogP contribution >= 0.6 is 0 Å². The Kier molecular flexibility index (Phi) is 4.60. The number of nitrogens with two attached hydrogens (primary N) is 1. The summed E-state index contributed by atoms with van der Waals surface area (Å²) in [7, 11) is 6.28. The van der Waals surface area contributed by atoms with Crippen LogP contribution in [0.1, 0.15) is 30.1 Å². The SMILES string of the molecule is Cc1c(C(CN)N2CCCC2CN(C)C)cnn1C. The highest BCUT2D eigenvalue weighted by Crippen LogP contribution is 2.30. The molecule has 1 fully saturated rings. The van der Waals surface area contributed by atoms with Gasteiger partial charge >= 0.3 is 0 Å². The number of aryl methyl sites for hydroxylation is 1. The zero-order chi connectivity index (χ0) is 14.0. The van der Waals surface area contributed by atoms with E-state index in [1.165, 1.54) is 24.1 Å². The second kappa shape index (κ2) is 6.03. The second-order valence-corrected chi connectivity index (χ2v) is 5.86. The smallest absolute Gasteiger partial charge is 0.0540 e. The Labute approximate surface area is 116 Å². The summed E-state index contributed by atoms with van der Waals surface area (Å²) in [5.41, 5.74) is 8.58. The van der Waals surface area contributed by atoms with Crippen LogP contribution < -0.4 is 5.73 Å². The zero-order valence-corrected chi connectivity index (χ0v) is 12.6. The van der Waals surface area contributed by atoms with Crippen molar-refractivity contribution in [2.45, 2.75) is 31.8 Å². The van der Waals surface area contributed by atoms with Gasteiger partial charge in [-0.15, -0.1) is 0 Å². The largest absolute Gasteiger partial charge is 0.329 e. The van der Waals surface area contributed by atoms with Crippen LogP contribution in [0.2, 0.25) is 0 Å². The Morgan fingerprint density at radius 3 is 2.79 bits per heavy atom. The Morgan fingerprint density at radius 2 is 2.26 bits per heavy atom. The maximum absolute atomic E-state index is 6.06. The van der Waals surface area contributed by atoms with Gasteiger partial charge in [-0.25, -0.2) is 0 Å². The van der Waals surface area contributed by atoms with Gasteiger partial charge in [0, 0.05) is 37.4 Å². The van der Waals surface area contributed by atoms with Gasteiger partial charge in [0.05, 0.1) is 12.2 Å². The van der Waals surface area contributed by atoms with Crippen molar-refractivity contribution >= 4 is 0 Å². The molecule has 108 valence electrons. The van der Waals surface area contributed by atoms with E-state index in [2.05, 4.69) is 35.9 Å². The molecule has 1 saturated heterocycles. The summed E-state index contributed by atoms with van der Waals surface area (Å²) in [6.07, 6.45) is 4.53. The first-order valence-electron chi connectivity index (χ1n) is 7.13. The molecule has 0 bridgehead atoms. The fourth-order valence-electron chi connectivity index (χ4n) is 3.17. The lowest BCUT2D eigenvalue weighted by Gasteiger charge is -2.33. The third-order valence-electron chi connectivity index (χ3n) is 4.25. The maximum Gasteiger partial charge on any atom is 0.0540 e. The van der Waals surface area contributed by atoms with E-state index in [0.717, 1.165) is 13.1 Å². The molecule has 2 atom stereocenters. The summed E-state index contributed by atoms with van der Waals surface area (Å²) in [5.74, 6) is 0. The Morgan fingerprint density at radius 1 is 1.53 bits per heavy atom. The minimum absolute atomic E-state index is 0.307. The first-order chi connectivity index (χ1) is 9.04. The Bertz CT molecular complexity index is 412. The van der Waals surface area contributed by atoms with Gasteiger partial charge in [0.25, 0.3) is 0 Å². The van der Waals surface area contributed by atoms with E-state index in [-0.39, 0.29) is 0 Å². The van der Waals surface area contributed by atoms with Crippen LogP contribution in [0.3, 0.4) is 0 Å². The summed E-state index contributed by atoms with van der Waals surface area (Å²) in [6, 6.07) is 0.921. The summed E-state index contributed by atoms with van der Waals surface area (Å²) in [6.45, 7) is 5.04. The molecule has 0 amide bonds. The first kappa shape index (κ1) is 14.5. The first-order valence-corrected chi connectivity index (χ1v) is 7.13. The third-order valence-corrected chi connectivity index (χ3v) is 4.25. The zero-order valence-electron chi connectivity index (χ0n) is 12.6. The molecule has 1 aliphatic heterocycles. The van der Waals surface area contributed by atoms with Crippen molar-refractivity contribution in [1.29, 1.82) is 0 Å². The number of hydrogen-bond acceptors (Lipinski definition) is 4. The van der Waals surface area contributed by atoms with E-state index < -0.39 is 0 Å². The normalized spacial score (nSPS) is 22.3. The lowest BCUT2D eigenvalue weighted by Crippen LogP contribution is -2.42. The maximum atomic E-state index is 6.06. The molecule has 1 aromatic heterocycles. The predicted octanol–water partition coefficient (Wildman–Crippen LogP) is 0.754. The van der Waals surface area contributed by atoms with Crippen molar-refractivity contribution in [2.75, 3.05) is 33.7 Å². The van der Waals surface area contributed by atoms with Gasteiger partial charge in [-0.1, -0.05) is 0 Å². The molecule has 0 saturated carbocycles. The molecule has 0 aromatic carbocycles. The highest BCUT2D eigenvalue weighted by Gasteiger charge is 2.32. The molecule has 2 heterocycles. The summed E-state index contributed by atoms with van der Waals surface area (Å²) >= 11 is 0. The fraction of sp³-hybridized carbons (Fsp3) is 0.786. The van der Waals surface area contributed by atoms with Crippen LogP contribution in [0, 0.1) is 6.92 Å². The number of likely N-dealkylation sites (tertiary alicyclic amines) is 1. The highest BCUT2D eigenvalue weighted by molar-refractivity contribution is 5.21. The van der Waals surface area contributed by atoms with Gasteiger partial charge in [-0.3, -0.25) is 9.58 Å². The molecule has 0 spiro atoms. The molecule has 0 aliphatic carbocycles. The Balaban J connectivity index is 2.19. The van der Waals surface area contributed by atoms with Gasteiger partial charge in [0.1, 0.15) is 0 Å². The lowest BCUT2D eigenvalue weighted by atomic mass is 10.1. The summed E-state index contributed by atoms with van der Waals surface area (Å²) < 4.78 is 1.94. The molecule has 19 heavy (non-hydrogen) atoms. The molecular weight excluding hydrogens is 238 g/mol. The average Bonchev–Trinajstić information content (AvgIpc) is 2.92. The molecule has 2 unspecified atom stereocenters. The minimum Gasteiger partial charge on any atom is -0.329 e. The summed E-state index contributed by atoms with van der Waals surface area (Å²) in [5, 5.41) is 4.37. The van der Waals surface area contributed by atoms with E-state index in [4.69, 9.17) is 5.73 Å². The molecular formula is C14H27N5. The van der Waals surface area contributed by atoms with Crippen LogP contribution in [-0.2, 0) is 7.05 Å². The second-order valence-electron chi connectivity index (χ2n) is 5.86. The summed E-state index contributed by atoms with van der Waals surface area (Å²) in [4.78, 5) is 4.84. The van der Waals surface area contributed by atoms with Crippen LogP contribution in [0.5, 0.6) is 0 Å². The molecule has 2 N–H and O–H groups in total. The topological polar surface area (TPSA) is 50.3 Å². The predicted molar refractivity (Wildman–Crippen MR) is 78.0 cm³/mol. The fourth-order valence-corrected chi connectivity index (χ4v) is 3.17. The molecule has 5 heteroatoms.